The van der Waals surface area contributed by atoms with Crippen LogP contribution in [0.1, 0.15) is 0 Å². The molecule has 5 nitrogen and oxygen atoms in total. The molecular formula is C13H13N3O2. The highest BCUT2D eigenvalue weighted by molar-refractivity contribution is 5.63. The van der Waals surface area contributed by atoms with Gasteiger partial charge in [-0.05, 0) is 24.3 Å². The van der Waals surface area contributed by atoms with Gasteiger partial charge >= 0.3 is 0 Å². The molecule has 1 aromatic heterocycles. The second kappa shape index (κ2) is 4.44. The Hall–Kier alpha value is -2.43. The number of ether oxygens (including phenoxy) is 2. The zero-order valence-electron chi connectivity index (χ0n) is 9.72. The Balaban J connectivity index is 1.82. The largest absolute Gasteiger partial charge is 0.486 e. The zero-order chi connectivity index (χ0) is 12.4. The summed E-state index contributed by atoms with van der Waals surface area (Å²) in [4.78, 5) is 4.02. The molecule has 3 rings (SSSR count). The first-order valence-corrected chi connectivity index (χ1v) is 5.69. The topological polar surface area (TPSA) is 69.4 Å². The molecule has 0 aliphatic carbocycles. The van der Waals surface area contributed by atoms with E-state index < -0.39 is 0 Å². The fraction of sp³-hybridized carbons (Fsp3) is 0.154. The third-order valence-corrected chi connectivity index (χ3v) is 2.62. The van der Waals surface area contributed by atoms with Gasteiger partial charge in [0.05, 0.1) is 11.9 Å². The monoisotopic (exact) mass is 243 g/mol. The van der Waals surface area contributed by atoms with Crippen LogP contribution in [0.2, 0.25) is 0 Å². The standard InChI is InChI=1S/C13H13N3O2/c14-13-4-2-10(8-15-13)16-9-1-3-11-12(7-9)18-6-5-17-11/h1-4,7-8,16H,5-6H2,(H2,14,15). The lowest BCUT2D eigenvalue weighted by molar-refractivity contribution is 0.171. The number of nitrogens with zero attached hydrogens (tertiary/aromatic N) is 1. The van der Waals surface area contributed by atoms with Gasteiger partial charge in [-0.1, -0.05) is 0 Å². The van der Waals surface area contributed by atoms with Crippen molar-refractivity contribution in [3.8, 4) is 11.5 Å². The van der Waals surface area contributed by atoms with Crippen molar-refractivity contribution in [2.75, 3.05) is 24.3 Å². The van der Waals surface area contributed by atoms with Crippen LogP contribution in [-0.2, 0) is 0 Å². The maximum Gasteiger partial charge on any atom is 0.163 e. The van der Waals surface area contributed by atoms with Crippen LogP contribution in [0.3, 0.4) is 0 Å². The van der Waals surface area contributed by atoms with Crippen molar-refractivity contribution in [1.82, 2.24) is 4.98 Å². The van der Waals surface area contributed by atoms with Crippen LogP contribution in [0, 0.1) is 0 Å². The van der Waals surface area contributed by atoms with E-state index >= 15 is 0 Å². The van der Waals surface area contributed by atoms with Crippen LogP contribution in [0.5, 0.6) is 11.5 Å². The number of nitrogens with two attached hydrogens (primary N) is 1. The predicted octanol–water partition coefficient (Wildman–Crippen LogP) is 2.18. The second-order valence-corrected chi connectivity index (χ2v) is 3.96. The van der Waals surface area contributed by atoms with Crippen molar-refractivity contribution in [2.45, 2.75) is 0 Å². The van der Waals surface area contributed by atoms with Crippen LogP contribution in [0.25, 0.3) is 0 Å². The van der Waals surface area contributed by atoms with Gasteiger partial charge in [0.25, 0.3) is 0 Å². The van der Waals surface area contributed by atoms with Crippen molar-refractivity contribution >= 4 is 17.2 Å². The fourth-order valence-corrected chi connectivity index (χ4v) is 1.77. The van der Waals surface area contributed by atoms with E-state index in [0.29, 0.717) is 19.0 Å². The maximum absolute atomic E-state index is 5.54. The average Bonchev–Trinajstić information content (AvgIpc) is 2.41. The number of nitrogens with one attached hydrogen (secondary N) is 1. The van der Waals surface area contributed by atoms with Crippen molar-refractivity contribution in [3.63, 3.8) is 0 Å². The lowest BCUT2D eigenvalue weighted by atomic mass is 10.2. The maximum atomic E-state index is 5.54. The van der Waals surface area contributed by atoms with E-state index in [1.807, 2.05) is 24.3 Å². The van der Waals surface area contributed by atoms with Crippen molar-refractivity contribution in [2.24, 2.45) is 0 Å². The number of pyridine rings is 1. The summed E-state index contributed by atoms with van der Waals surface area (Å²) in [6, 6.07) is 9.36. The Bertz CT molecular complexity index is 555. The number of aromatic nitrogens is 1. The molecule has 0 spiro atoms. The van der Waals surface area contributed by atoms with Crippen molar-refractivity contribution < 1.29 is 9.47 Å². The quantitative estimate of drug-likeness (QED) is 0.846. The first-order valence-electron chi connectivity index (χ1n) is 5.69. The SMILES string of the molecule is Nc1ccc(Nc2ccc3c(c2)OCCO3)cn1. The summed E-state index contributed by atoms with van der Waals surface area (Å²) >= 11 is 0. The van der Waals surface area contributed by atoms with E-state index in [0.717, 1.165) is 22.9 Å². The van der Waals surface area contributed by atoms with E-state index in [2.05, 4.69) is 10.3 Å². The van der Waals surface area contributed by atoms with Gasteiger partial charge < -0.3 is 20.5 Å². The highest BCUT2D eigenvalue weighted by Gasteiger charge is 2.11. The number of benzene rings is 1. The molecule has 3 N–H and O–H groups in total. The molecular weight excluding hydrogens is 230 g/mol. The second-order valence-electron chi connectivity index (χ2n) is 3.96. The van der Waals surface area contributed by atoms with Crippen molar-refractivity contribution in [1.29, 1.82) is 0 Å². The fourth-order valence-electron chi connectivity index (χ4n) is 1.77. The molecule has 2 heterocycles. The van der Waals surface area contributed by atoms with Crippen LogP contribution in [0.4, 0.5) is 17.2 Å². The van der Waals surface area contributed by atoms with Gasteiger partial charge in [-0.3, -0.25) is 0 Å². The lowest BCUT2D eigenvalue weighted by Gasteiger charge is -2.19. The summed E-state index contributed by atoms with van der Waals surface area (Å²) in [5.74, 6) is 2.04. The van der Waals surface area contributed by atoms with E-state index in [1.165, 1.54) is 0 Å². The first kappa shape index (κ1) is 10.7. The number of hydrogen-bond donors (Lipinski definition) is 2. The molecule has 2 aromatic rings. The zero-order valence-corrected chi connectivity index (χ0v) is 9.72. The Kier molecular flexibility index (Phi) is 2.64. The van der Waals surface area contributed by atoms with E-state index in [9.17, 15) is 0 Å². The van der Waals surface area contributed by atoms with Crippen LogP contribution in [-0.4, -0.2) is 18.2 Å². The molecule has 0 unspecified atom stereocenters. The summed E-state index contributed by atoms with van der Waals surface area (Å²) in [6.45, 7) is 1.18. The molecule has 18 heavy (non-hydrogen) atoms. The van der Waals surface area contributed by atoms with E-state index in [-0.39, 0.29) is 0 Å². The number of hydrogen-bond acceptors (Lipinski definition) is 5. The summed E-state index contributed by atoms with van der Waals surface area (Å²) in [6.07, 6.45) is 1.69. The molecule has 0 saturated heterocycles. The number of rotatable bonds is 2. The molecule has 0 atom stereocenters. The van der Waals surface area contributed by atoms with Gasteiger partial charge in [0, 0.05) is 11.8 Å². The van der Waals surface area contributed by atoms with Gasteiger partial charge in [0.1, 0.15) is 19.0 Å². The molecule has 5 heteroatoms. The Morgan fingerprint density at radius 1 is 1.00 bits per heavy atom. The van der Waals surface area contributed by atoms with Gasteiger partial charge in [-0.2, -0.15) is 0 Å². The van der Waals surface area contributed by atoms with E-state index in [4.69, 9.17) is 15.2 Å². The third-order valence-electron chi connectivity index (χ3n) is 2.62. The van der Waals surface area contributed by atoms with Gasteiger partial charge in [0.2, 0.25) is 0 Å². The summed E-state index contributed by atoms with van der Waals surface area (Å²) < 4.78 is 11.0. The molecule has 0 fully saturated rings. The number of nitrogen functional groups attached to an aromatic ring is 1. The van der Waals surface area contributed by atoms with Crippen molar-refractivity contribution in [3.05, 3.63) is 36.5 Å². The minimum atomic E-state index is 0.503. The van der Waals surface area contributed by atoms with Gasteiger partial charge in [-0.25, -0.2) is 4.98 Å². The van der Waals surface area contributed by atoms with Crippen LogP contribution < -0.4 is 20.5 Å². The lowest BCUT2D eigenvalue weighted by Crippen LogP contribution is -2.15. The summed E-state index contributed by atoms with van der Waals surface area (Å²) in [5, 5.41) is 3.23. The molecule has 1 aromatic carbocycles. The Labute approximate surface area is 105 Å². The summed E-state index contributed by atoms with van der Waals surface area (Å²) in [7, 11) is 0. The molecule has 1 aliphatic heterocycles. The summed E-state index contributed by atoms with van der Waals surface area (Å²) in [5.41, 5.74) is 7.33. The van der Waals surface area contributed by atoms with Crippen LogP contribution >= 0.6 is 0 Å². The molecule has 0 bridgehead atoms. The molecule has 0 amide bonds. The molecule has 92 valence electrons. The van der Waals surface area contributed by atoms with Crippen LogP contribution in [0.15, 0.2) is 36.5 Å². The first-order chi connectivity index (χ1) is 8.81. The molecule has 1 aliphatic rings. The molecule has 0 saturated carbocycles. The number of anilines is 3. The predicted molar refractivity (Wildman–Crippen MR) is 69.4 cm³/mol. The highest BCUT2D eigenvalue weighted by atomic mass is 16.6. The third kappa shape index (κ3) is 2.15. The average molecular weight is 243 g/mol. The normalized spacial score (nSPS) is 13.1. The number of fused-ring (bicyclic) bond motifs is 1. The smallest absolute Gasteiger partial charge is 0.163 e. The Morgan fingerprint density at radius 2 is 1.78 bits per heavy atom. The van der Waals surface area contributed by atoms with Gasteiger partial charge in [-0.15, -0.1) is 0 Å². The van der Waals surface area contributed by atoms with Gasteiger partial charge in [0.15, 0.2) is 11.5 Å². The minimum absolute atomic E-state index is 0.503. The molecule has 0 radical (unpaired) electrons. The Morgan fingerprint density at radius 3 is 2.56 bits per heavy atom. The van der Waals surface area contributed by atoms with E-state index in [1.54, 1.807) is 12.3 Å². The minimum Gasteiger partial charge on any atom is -0.486 e. The highest BCUT2D eigenvalue weighted by Crippen LogP contribution is 2.33.